The van der Waals surface area contributed by atoms with Gasteiger partial charge in [0.05, 0.1) is 0 Å². The van der Waals surface area contributed by atoms with Crippen LogP contribution in [0.25, 0.3) is 0 Å². The summed E-state index contributed by atoms with van der Waals surface area (Å²) in [5, 5.41) is 0. The van der Waals surface area contributed by atoms with E-state index in [0.29, 0.717) is 17.9 Å². The van der Waals surface area contributed by atoms with Crippen LogP contribution < -0.4 is 0 Å². The summed E-state index contributed by atoms with van der Waals surface area (Å²) in [5.74, 6) is 0.000583. The summed E-state index contributed by atoms with van der Waals surface area (Å²) < 4.78 is 0. The van der Waals surface area contributed by atoms with Crippen LogP contribution in [-0.2, 0) is 0 Å². The molecular weight excluding hydrogens is 316 g/mol. The lowest BCUT2D eigenvalue weighted by Crippen LogP contribution is -2.50. The third-order valence-electron chi connectivity index (χ3n) is 5.06. The summed E-state index contributed by atoms with van der Waals surface area (Å²) in [6.45, 7) is 5.14. The molecule has 2 N–H and O–H groups in total. The number of carbonyl (C=O) groups excluding carboxylic acids is 2. The van der Waals surface area contributed by atoms with Gasteiger partial charge in [-0.2, -0.15) is 0 Å². The van der Waals surface area contributed by atoms with E-state index in [9.17, 15) is 9.59 Å². The average molecular weight is 342 g/mol. The number of aryl methyl sites for hydroxylation is 2. The molecule has 1 fully saturated rings. The molecule has 2 amide bonds. The number of nitrogens with zero attached hydrogens (tertiary/aromatic N) is 2. The standard InChI is InChI=1S/C19H26N4O2/c1-13-7-9-20-16(13)18(24)22(3)12-15-6-4-5-11-23(15)19(25)17-14(2)8-10-21-17/h7-10,15,20-21H,4-6,11-12H2,1-3H3/t15-/m0/s1. The number of hydrogen-bond acceptors (Lipinski definition) is 2. The molecule has 6 heteroatoms. The summed E-state index contributed by atoms with van der Waals surface area (Å²) in [5.41, 5.74) is 3.17. The first-order chi connectivity index (χ1) is 12.0. The number of nitrogens with one attached hydrogen (secondary N) is 2. The topological polar surface area (TPSA) is 72.2 Å². The minimum Gasteiger partial charge on any atom is -0.357 e. The summed E-state index contributed by atoms with van der Waals surface area (Å²) in [4.78, 5) is 35.3. The van der Waals surface area contributed by atoms with Crippen molar-refractivity contribution in [2.24, 2.45) is 0 Å². The molecule has 6 nitrogen and oxygen atoms in total. The van der Waals surface area contributed by atoms with Crippen LogP contribution in [0.4, 0.5) is 0 Å². The monoisotopic (exact) mass is 342 g/mol. The van der Waals surface area contributed by atoms with Gasteiger partial charge in [0.1, 0.15) is 11.4 Å². The molecule has 134 valence electrons. The van der Waals surface area contributed by atoms with Gasteiger partial charge in [-0.25, -0.2) is 0 Å². The average Bonchev–Trinajstić information content (AvgIpc) is 3.22. The van der Waals surface area contributed by atoms with E-state index >= 15 is 0 Å². The predicted octanol–water partition coefficient (Wildman–Crippen LogP) is 2.73. The number of likely N-dealkylation sites (N-methyl/N-ethyl adjacent to an activating group) is 1. The van der Waals surface area contributed by atoms with Crippen molar-refractivity contribution >= 4 is 11.8 Å². The summed E-state index contributed by atoms with van der Waals surface area (Å²) >= 11 is 0. The second-order valence-corrected chi connectivity index (χ2v) is 6.91. The Morgan fingerprint density at radius 1 is 1.12 bits per heavy atom. The number of rotatable bonds is 4. The molecule has 0 unspecified atom stereocenters. The maximum absolute atomic E-state index is 12.9. The molecule has 0 spiro atoms. The summed E-state index contributed by atoms with van der Waals surface area (Å²) in [6, 6.07) is 3.86. The number of hydrogen-bond donors (Lipinski definition) is 2. The first-order valence-corrected chi connectivity index (χ1v) is 8.83. The molecule has 3 rings (SSSR count). The van der Waals surface area contributed by atoms with E-state index in [-0.39, 0.29) is 17.9 Å². The Kier molecular flexibility index (Phi) is 4.97. The first kappa shape index (κ1) is 17.3. The highest BCUT2D eigenvalue weighted by atomic mass is 16.2. The first-order valence-electron chi connectivity index (χ1n) is 8.83. The Morgan fingerprint density at radius 3 is 2.36 bits per heavy atom. The number of aromatic nitrogens is 2. The van der Waals surface area contributed by atoms with Gasteiger partial charge >= 0.3 is 0 Å². The molecule has 1 aliphatic rings. The maximum atomic E-state index is 12.9. The lowest BCUT2D eigenvalue weighted by atomic mass is 10.0. The van der Waals surface area contributed by atoms with Crippen molar-refractivity contribution in [3.8, 4) is 0 Å². The molecule has 0 aromatic carbocycles. The van der Waals surface area contributed by atoms with Crippen LogP contribution in [0.3, 0.4) is 0 Å². The van der Waals surface area contributed by atoms with Crippen LogP contribution in [0.15, 0.2) is 24.5 Å². The zero-order valence-electron chi connectivity index (χ0n) is 15.1. The molecule has 1 atom stereocenters. The molecule has 0 radical (unpaired) electrons. The Hall–Kier alpha value is -2.50. The van der Waals surface area contributed by atoms with Crippen molar-refractivity contribution in [2.45, 2.75) is 39.2 Å². The number of piperidine rings is 1. The Morgan fingerprint density at radius 2 is 1.76 bits per heavy atom. The van der Waals surface area contributed by atoms with Crippen molar-refractivity contribution in [1.82, 2.24) is 19.8 Å². The number of likely N-dealkylation sites (tertiary alicyclic amines) is 1. The lowest BCUT2D eigenvalue weighted by molar-refractivity contribution is 0.0513. The smallest absolute Gasteiger partial charge is 0.270 e. The van der Waals surface area contributed by atoms with E-state index in [0.717, 1.165) is 36.9 Å². The fourth-order valence-electron chi connectivity index (χ4n) is 3.55. The third kappa shape index (κ3) is 3.48. The van der Waals surface area contributed by atoms with Crippen molar-refractivity contribution in [3.05, 3.63) is 47.0 Å². The SMILES string of the molecule is Cc1cc[nH]c1C(=O)N(C)C[C@@H]1CCCCN1C(=O)c1[nH]ccc1C. The number of aromatic amines is 2. The molecular formula is C19H26N4O2. The molecule has 0 saturated carbocycles. The molecule has 1 aliphatic heterocycles. The van der Waals surface area contributed by atoms with Crippen LogP contribution in [0.1, 0.15) is 51.4 Å². The molecule has 3 heterocycles. The quantitative estimate of drug-likeness (QED) is 0.897. The van der Waals surface area contributed by atoms with Gasteiger partial charge in [-0.15, -0.1) is 0 Å². The number of H-pyrrole nitrogens is 2. The second-order valence-electron chi connectivity index (χ2n) is 6.91. The van der Waals surface area contributed by atoms with E-state index in [1.54, 1.807) is 24.3 Å². The van der Waals surface area contributed by atoms with E-state index in [1.165, 1.54) is 0 Å². The maximum Gasteiger partial charge on any atom is 0.270 e. The van der Waals surface area contributed by atoms with Crippen LogP contribution in [-0.4, -0.2) is 57.8 Å². The normalized spacial score (nSPS) is 17.6. The zero-order chi connectivity index (χ0) is 18.0. The minimum absolute atomic E-state index is 0.0310. The molecule has 1 saturated heterocycles. The summed E-state index contributed by atoms with van der Waals surface area (Å²) in [7, 11) is 1.81. The number of carbonyl (C=O) groups is 2. The van der Waals surface area contributed by atoms with Crippen LogP contribution >= 0.6 is 0 Å². The van der Waals surface area contributed by atoms with Gasteiger partial charge in [0, 0.05) is 38.6 Å². The number of amides is 2. The van der Waals surface area contributed by atoms with Gasteiger partial charge in [0.15, 0.2) is 0 Å². The van der Waals surface area contributed by atoms with Crippen LogP contribution in [0.2, 0.25) is 0 Å². The molecule has 2 aromatic rings. The van der Waals surface area contributed by atoms with Gasteiger partial charge in [-0.3, -0.25) is 9.59 Å². The highest BCUT2D eigenvalue weighted by Gasteiger charge is 2.30. The molecule has 2 aromatic heterocycles. The molecule has 0 bridgehead atoms. The highest BCUT2D eigenvalue weighted by molar-refractivity contribution is 5.95. The Balaban J connectivity index is 1.73. The fraction of sp³-hybridized carbons (Fsp3) is 0.474. The lowest BCUT2D eigenvalue weighted by Gasteiger charge is -2.37. The van der Waals surface area contributed by atoms with E-state index in [2.05, 4.69) is 9.97 Å². The van der Waals surface area contributed by atoms with Crippen LogP contribution in [0, 0.1) is 13.8 Å². The predicted molar refractivity (Wildman–Crippen MR) is 96.7 cm³/mol. The van der Waals surface area contributed by atoms with Crippen molar-refractivity contribution < 1.29 is 9.59 Å². The van der Waals surface area contributed by atoms with Gasteiger partial charge in [-0.1, -0.05) is 0 Å². The van der Waals surface area contributed by atoms with Crippen LogP contribution in [0.5, 0.6) is 0 Å². The Labute approximate surface area is 148 Å². The Bertz CT molecular complexity index is 761. The van der Waals surface area contributed by atoms with Gasteiger partial charge in [-0.05, 0) is 56.4 Å². The molecule has 0 aliphatic carbocycles. The van der Waals surface area contributed by atoms with Gasteiger partial charge < -0.3 is 19.8 Å². The fourth-order valence-corrected chi connectivity index (χ4v) is 3.55. The van der Waals surface area contributed by atoms with Gasteiger partial charge in [0.2, 0.25) is 0 Å². The van der Waals surface area contributed by atoms with E-state index in [1.807, 2.05) is 30.9 Å². The zero-order valence-corrected chi connectivity index (χ0v) is 15.1. The largest absolute Gasteiger partial charge is 0.357 e. The van der Waals surface area contributed by atoms with Crippen molar-refractivity contribution in [1.29, 1.82) is 0 Å². The van der Waals surface area contributed by atoms with E-state index in [4.69, 9.17) is 0 Å². The third-order valence-corrected chi connectivity index (χ3v) is 5.06. The highest BCUT2D eigenvalue weighted by Crippen LogP contribution is 2.22. The van der Waals surface area contributed by atoms with Gasteiger partial charge in [0.25, 0.3) is 11.8 Å². The summed E-state index contributed by atoms with van der Waals surface area (Å²) in [6.07, 6.45) is 6.59. The van der Waals surface area contributed by atoms with Crippen molar-refractivity contribution in [2.75, 3.05) is 20.1 Å². The second kappa shape index (κ2) is 7.17. The van der Waals surface area contributed by atoms with E-state index < -0.39 is 0 Å². The molecule has 25 heavy (non-hydrogen) atoms. The minimum atomic E-state index is -0.0310. The van der Waals surface area contributed by atoms with Crippen molar-refractivity contribution in [3.63, 3.8) is 0 Å².